The molecule has 1 aromatic heterocycles. The van der Waals surface area contributed by atoms with E-state index in [1.807, 2.05) is 0 Å². The van der Waals surface area contributed by atoms with Gasteiger partial charge in [-0.1, -0.05) is 0 Å². The quantitative estimate of drug-likeness (QED) is 0.606. The Morgan fingerprint density at radius 2 is 2.36 bits per heavy atom. The number of hydrogen-bond acceptors (Lipinski definition) is 4. The number of nitrogens with zero attached hydrogens (tertiary/aromatic N) is 1. The van der Waals surface area contributed by atoms with Crippen LogP contribution in [-0.2, 0) is 0 Å². The Balaban J connectivity index is 2.01. The van der Waals surface area contributed by atoms with Crippen molar-refractivity contribution in [3.8, 4) is 0 Å². The summed E-state index contributed by atoms with van der Waals surface area (Å²) in [5.41, 5.74) is 5.53. The van der Waals surface area contributed by atoms with Crippen LogP contribution in [0, 0.1) is 0 Å². The molecule has 0 aliphatic carbocycles. The highest BCUT2D eigenvalue weighted by molar-refractivity contribution is 5.92. The summed E-state index contributed by atoms with van der Waals surface area (Å²) in [6.45, 7) is 1.92. The fraction of sp³-hybridized carbons (Fsp3) is 0.333. The van der Waals surface area contributed by atoms with Gasteiger partial charge in [-0.25, -0.2) is 4.98 Å². The van der Waals surface area contributed by atoms with E-state index in [0.717, 1.165) is 18.9 Å². The van der Waals surface area contributed by atoms with E-state index in [1.165, 1.54) is 6.20 Å². The summed E-state index contributed by atoms with van der Waals surface area (Å²) in [7, 11) is 0. The fourth-order valence-corrected chi connectivity index (χ4v) is 1.22. The molecule has 14 heavy (non-hydrogen) atoms. The largest absolute Gasteiger partial charge is 0.366 e. The predicted octanol–water partition coefficient (Wildman–Crippen LogP) is -0.436. The molecule has 0 spiro atoms. The summed E-state index contributed by atoms with van der Waals surface area (Å²) in [6.07, 6.45) is 1.48. The molecule has 1 aliphatic rings. The van der Waals surface area contributed by atoms with Crippen molar-refractivity contribution in [2.75, 3.05) is 18.4 Å². The molecule has 1 aromatic rings. The van der Waals surface area contributed by atoms with E-state index in [2.05, 4.69) is 15.6 Å². The van der Waals surface area contributed by atoms with Gasteiger partial charge >= 0.3 is 0 Å². The normalized spacial score (nSPS) is 16.0. The van der Waals surface area contributed by atoms with Crippen LogP contribution in [0.4, 0.5) is 5.82 Å². The molecule has 5 heteroatoms. The molecule has 0 radical (unpaired) electrons. The van der Waals surface area contributed by atoms with Crippen molar-refractivity contribution in [2.24, 2.45) is 5.73 Å². The Labute approximate surface area is 81.7 Å². The summed E-state index contributed by atoms with van der Waals surface area (Å²) in [5, 5.41) is 6.37. The van der Waals surface area contributed by atoms with Crippen molar-refractivity contribution < 1.29 is 4.79 Å². The van der Waals surface area contributed by atoms with Gasteiger partial charge < -0.3 is 16.4 Å². The number of hydrogen-bond donors (Lipinski definition) is 3. The molecule has 1 fully saturated rings. The molecule has 0 bridgehead atoms. The highest BCUT2D eigenvalue weighted by Gasteiger charge is 2.16. The molecule has 5 nitrogen and oxygen atoms in total. The van der Waals surface area contributed by atoms with Crippen LogP contribution in [-0.4, -0.2) is 30.0 Å². The van der Waals surface area contributed by atoms with Gasteiger partial charge in [0.15, 0.2) is 0 Å². The van der Waals surface area contributed by atoms with E-state index in [1.54, 1.807) is 12.1 Å². The zero-order chi connectivity index (χ0) is 9.97. The number of anilines is 1. The number of carbonyl (C=O) groups excluding carboxylic acids is 1. The van der Waals surface area contributed by atoms with Crippen LogP contribution < -0.4 is 16.4 Å². The van der Waals surface area contributed by atoms with Gasteiger partial charge in [-0.3, -0.25) is 4.79 Å². The Bertz CT molecular complexity index is 331. The predicted molar refractivity (Wildman–Crippen MR) is 53.0 cm³/mol. The van der Waals surface area contributed by atoms with Crippen molar-refractivity contribution in [2.45, 2.75) is 6.04 Å². The van der Waals surface area contributed by atoms with Crippen molar-refractivity contribution in [3.63, 3.8) is 0 Å². The van der Waals surface area contributed by atoms with Gasteiger partial charge in [-0.15, -0.1) is 0 Å². The third-order valence-electron chi connectivity index (χ3n) is 2.18. The standard InChI is InChI=1S/C9H12N4O/c10-9(14)6-1-2-8(12-3-6)13-7-4-11-5-7/h1-3,7,11H,4-5H2,(H2,10,14)(H,12,13). The maximum atomic E-state index is 10.8. The number of aromatic nitrogens is 1. The summed E-state index contributed by atoms with van der Waals surface area (Å²) in [4.78, 5) is 14.8. The molecule has 0 aromatic carbocycles. The first-order valence-corrected chi connectivity index (χ1v) is 4.49. The molecule has 1 amide bonds. The topological polar surface area (TPSA) is 80.0 Å². The van der Waals surface area contributed by atoms with E-state index < -0.39 is 5.91 Å². The number of rotatable bonds is 3. The minimum absolute atomic E-state index is 0.433. The third-order valence-corrected chi connectivity index (χ3v) is 2.18. The van der Waals surface area contributed by atoms with Gasteiger partial charge in [0.2, 0.25) is 5.91 Å². The van der Waals surface area contributed by atoms with Crippen molar-refractivity contribution in [1.82, 2.24) is 10.3 Å². The van der Waals surface area contributed by atoms with Crippen molar-refractivity contribution in [1.29, 1.82) is 0 Å². The molecule has 4 N–H and O–H groups in total. The number of pyridine rings is 1. The summed E-state index contributed by atoms with van der Waals surface area (Å²) < 4.78 is 0. The fourth-order valence-electron chi connectivity index (χ4n) is 1.22. The lowest BCUT2D eigenvalue weighted by atomic mass is 10.2. The first-order chi connectivity index (χ1) is 6.75. The first kappa shape index (κ1) is 8.96. The molecule has 2 heterocycles. The van der Waals surface area contributed by atoms with Gasteiger partial charge in [-0.2, -0.15) is 0 Å². The molecule has 0 unspecified atom stereocenters. The van der Waals surface area contributed by atoms with Crippen LogP contribution in [0.25, 0.3) is 0 Å². The molecule has 0 saturated carbocycles. The average Bonchev–Trinajstić information content (AvgIpc) is 2.12. The second-order valence-electron chi connectivity index (χ2n) is 3.30. The van der Waals surface area contributed by atoms with Crippen molar-refractivity contribution >= 4 is 11.7 Å². The van der Waals surface area contributed by atoms with Gasteiger partial charge in [-0.05, 0) is 12.1 Å². The minimum atomic E-state index is -0.450. The molecule has 2 rings (SSSR count). The van der Waals surface area contributed by atoms with Crippen LogP contribution >= 0.6 is 0 Å². The smallest absolute Gasteiger partial charge is 0.250 e. The Kier molecular flexibility index (Phi) is 2.32. The van der Waals surface area contributed by atoms with Crippen molar-refractivity contribution in [3.05, 3.63) is 23.9 Å². The van der Waals surface area contributed by atoms with Crippen LogP contribution in [0.5, 0.6) is 0 Å². The lowest BCUT2D eigenvalue weighted by Crippen LogP contribution is -2.51. The maximum absolute atomic E-state index is 10.8. The highest BCUT2D eigenvalue weighted by atomic mass is 16.1. The van der Waals surface area contributed by atoms with Crippen LogP contribution in [0.1, 0.15) is 10.4 Å². The number of carbonyl (C=O) groups is 1. The summed E-state index contributed by atoms with van der Waals surface area (Å²) in [6, 6.07) is 3.88. The Morgan fingerprint density at radius 1 is 1.57 bits per heavy atom. The van der Waals surface area contributed by atoms with Crippen LogP contribution in [0.15, 0.2) is 18.3 Å². The van der Waals surface area contributed by atoms with E-state index in [0.29, 0.717) is 11.6 Å². The van der Waals surface area contributed by atoms with E-state index in [-0.39, 0.29) is 0 Å². The van der Waals surface area contributed by atoms with Crippen LogP contribution in [0.2, 0.25) is 0 Å². The number of nitrogens with one attached hydrogen (secondary N) is 2. The zero-order valence-electron chi connectivity index (χ0n) is 7.66. The van der Waals surface area contributed by atoms with E-state index in [9.17, 15) is 4.79 Å². The zero-order valence-corrected chi connectivity index (χ0v) is 7.66. The second kappa shape index (κ2) is 3.63. The number of primary amides is 1. The molecule has 74 valence electrons. The second-order valence-corrected chi connectivity index (χ2v) is 3.30. The lowest BCUT2D eigenvalue weighted by Gasteiger charge is -2.28. The number of nitrogens with two attached hydrogens (primary N) is 1. The Hall–Kier alpha value is -1.62. The third kappa shape index (κ3) is 1.82. The van der Waals surface area contributed by atoms with Gasteiger partial charge in [0.05, 0.1) is 11.6 Å². The summed E-state index contributed by atoms with van der Waals surface area (Å²) >= 11 is 0. The molecule has 0 atom stereocenters. The van der Waals surface area contributed by atoms with Gasteiger partial charge in [0.25, 0.3) is 0 Å². The molecular formula is C9H12N4O. The minimum Gasteiger partial charge on any atom is -0.366 e. The number of amides is 1. The average molecular weight is 192 g/mol. The maximum Gasteiger partial charge on any atom is 0.250 e. The van der Waals surface area contributed by atoms with E-state index in [4.69, 9.17) is 5.73 Å². The molecular weight excluding hydrogens is 180 g/mol. The van der Waals surface area contributed by atoms with Crippen LogP contribution in [0.3, 0.4) is 0 Å². The SMILES string of the molecule is NC(=O)c1ccc(NC2CNC2)nc1. The molecule has 1 aliphatic heterocycles. The Morgan fingerprint density at radius 3 is 2.79 bits per heavy atom. The first-order valence-electron chi connectivity index (χ1n) is 4.49. The highest BCUT2D eigenvalue weighted by Crippen LogP contribution is 2.07. The van der Waals surface area contributed by atoms with Gasteiger partial charge in [0, 0.05) is 19.3 Å². The van der Waals surface area contributed by atoms with Gasteiger partial charge in [0.1, 0.15) is 5.82 Å². The summed E-state index contributed by atoms with van der Waals surface area (Å²) in [5.74, 6) is 0.330. The lowest BCUT2D eigenvalue weighted by molar-refractivity contribution is 0.1000. The van der Waals surface area contributed by atoms with E-state index >= 15 is 0 Å². The monoisotopic (exact) mass is 192 g/mol. The molecule has 1 saturated heterocycles.